The second-order valence-corrected chi connectivity index (χ2v) is 5.85. The third-order valence-corrected chi connectivity index (χ3v) is 3.88. The highest BCUT2D eigenvalue weighted by Gasteiger charge is 2.15. The molecule has 2 aromatic rings. The number of pyridine rings is 1. The van der Waals surface area contributed by atoms with Gasteiger partial charge in [0.15, 0.2) is 0 Å². The first-order chi connectivity index (χ1) is 11.4. The molecule has 0 saturated heterocycles. The fourth-order valence-corrected chi connectivity index (χ4v) is 2.62. The number of rotatable bonds is 6. The van der Waals surface area contributed by atoms with E-state index in [4.69, 9.17) is 11.6 Å². The Morgan fingerprint density at radius 1 is 1.21 bits per heavy atom. The Hall–Kier alpha value is -2.34. The average molecular weight is 350 g/mol. The molecule has 0 bridgehead atoms. The maximum Gasteiger partial charge on any atom is 0.256 e. The van der Waals surface area contributed by atoms with Crippen LogP contribution in [0, 0.1) is 0 Å². The molecule has 1 heterocycles. The van der Waals surface area contributed by atoms with E-state index in [9.17, 15) is 14.4 Å². The van der Waals surface area contributed by atoms with Gasteiger partial charge in [-0.1, -0.05) is 11.6 Å². The summed E-state index contributed by atoms with van der Waals surface area (Å²) in [6.07, 6.45) is 2.16. The Kier molecular flexibility index (Phi) is 5.98. The molecule has 0 unspecified atom stereocenters. The molecule has 128 valence electrons. The Morgan fingerprint density at radius 2 is 1.92 bits per heavy atom. The Balaban J connectivity index is 2.22. The second kappa shape index (κ2) is 7.97. The minimum Gasteiger partial charge on any atom is -0.356 e. The largest absolute Gasteiger partial charge is 0.356 e. The number of carbonyl (C=O) groups is 2. The van der Waals surface area contributed by atoms with Gasteiger partial charge in [-0.15, -0.1) is 0 Å². The first kappa shape index (κ1) is 18.0. The summed E-state index contributed by atoms with van der Waals surface area (Å²) in [6.45, 7) is 4.85. The molecule has 0 saturated carbocycles. The topological polar surface area (TPSA) is 80.2 Å². The zero-order valence-corrected chi connectivity index (χ0v) is 14.4. The number of nitrogens with one attached hydrogen (secondary N) is 2. The number of benzene rings is 1. The van der Waals surface area contributed by atoms with E-state index in [-0.39, 0.29) is 16.9 Å². The van der Waals surface area contributed by atoms with Crippen LogP contribution >= 0.6 is 11.6 Å². The third-order valence-electron chi connectivity index (χ3n) is 3.64. The molecule has 0 atom stereocenters. The van der Waals surface area contributed by atoms with Crippen LogP contribution in [0.1, 0.15) is 30.6 Å². The molecule has 0 aliphatic rings. The molecule has 0 radical (unpaired) electrons. The standard InChI is InChI=1S/C17H20ClN3O3/c1-3-21-10-14(17(24)20-8-4-7-19-11(2)22)16(23)13-9-12(18)5-6-15(13)21/h5-6,9-10H,3-4,7-8H2,1-2H3,(H,19,22)(H,20,24). The molecule has 2 N–H and O–H groups in total. The zero-order chi connectivity index (χ0) is 17.7. The predicted octanol–water partition coefficient (Wildman–Crippen LogP) is 1.93. The van der Waals surface area contributed by atoms with E-state index >= 15 is 0 Å². The first-order valence-electron chi connectivity index (χ1n) is 7.79. The van der Waals surface area contributed by atoms with Crippen molar-refractivity contribution in [1.29, 1.82) is 0 Å². The monoisotopic (exact) mass is 349 g/mol. The number of halogens is 1. The number of aromatic nitrogens is 1. The Labute approximate surface area is 144 Å². The van der Waals surface area contributed by atoms with Crippen LogP contribution in [-0.2, 0) is 11.3 Å². The maximum absolute atomic E-state index is 12.6. The van der Waals surface area contributed by atoms with Crippen LogP contribution in [0.25, 0.3) is 10.9 Å². The van der Waals surface area contributed by atoms with Crippen molar-refractivity contribution in [3.63, 3.8) is 0 Å². The molecule has 24 heavy (non-hydrogen) atoms. The van der Waals surface area contributed by atoms with Crippen LogP contribution in [0.2, 0.25) is 5.02 Å². The van der Waals surface area contributed by atoms with Gasteiger partial charge in [0.25, 0.3) is 5.91 Å². The molecule has 0 fully saturated rings. The van der Waals surface area contributed by atoms with Gasteiger partial charge < -0.3 is 15.2 Å². The van der Waals surface area contributed by atoms with Gasteiger partial charge in [0, 0.05) is 43.2 Å². The molecule has 2 amide bonds. The lowest BCUT2D eigenvalue weighted by Crippen LogP contribution is -2.32. The number of nitrogens with zero attached hydrogens (tertiary/aromatic N) is 1. The van der Waals surface area contributed by atoms with Crippen molar-refractivity contribution in [2.24, 2.45) is 0 Å². The van der Waals surface area contributed by atoms with Crippen molar-refractivity contribution in [2.75, 3.05) is 13.1 Å². The highest BCUT2D eigenvalue weighted by atomic mass is 35.5. The van der Waals surface area contributed by atoms with Gasteiger partial charge in [-0.25, -0.2) is 0 Å². The number of hydrogen-bond donors (Lipinski definition) is 2. The van der Waals surface area contributed by atoms with Gasteiger partial charge in [0.05, 0.1) is 5.52 Å². The summed E-state index contributed by atoms with van der Waals surface area (Å²) < 4.78 is 1.85. The molecule has 0 aliphatic carbocycles. The maximum atomic E-state index is 12.6. The van der Waals surface area contributed by atoms with Gasteiger partial charge >= 0.3 is 0 Å². The van der Waals surface area contributed by atoms with Gasteiger partial charge in [0.1, 0.15) is 5.56 Å². The van der Waals surface area contributed by atoms with E-state index in [0.717, 1.165) is 5.52 Å². The van der Waals surface area contributed by atoms with E-state index in [1.54, 1.807) is 24.4 Å². The van der Waals surface area contributed by atoms with E-state index in [1.807, 2.05) is 11.5 Å². The fraction of sp³-hybridized carbons (Fsp3) is 0.353. The Morgan fingerprint density at radius 3 is 2.58 bits per heavy atom. The molecule has 6 nitrogen and oxygen atoms in total. The third kappa shape index (κ3) is 4.14. The van der Waals surface area contributed by atoms with E-state index in [2.05, 4.69) is 10.6 Å². The smallest absolute Gasteiger partial charge is 0.256 e. The van der Waals surface area contributed by atoms with Crippen molar-refractivity contribution in [3.8, 4) is 0 Å². The highest BCUT2D eigenvalue weighted by molar-refractivity contribution is 6.31. The number of fused-ring (bicyclic) bond motifs is 1. The lowest BCUT2D eigenvalue weighted by molar-refractivity contribution is -0.118. The summed E-state index contributed by atoms with van der Waals surface area (Å²) in [4.78, 5) is 35.7. The van der Waals surface area contributed by atoms with Crippen LogP contribution in [0.5, 0.6) is 0 Å². The summed E-state index contributed by atoms with van der Waals surface area (Å²) in [7, 11) is 0. The van der Waals surface area contributed by atoms with Crippen molar-refractivity contribution in [1.82, 2.24) is 15.2 Å². The molecular weight excluding hydrogens is 330 g/mol. The summed E-state index contributed by atoms with van der Waals surface area (Å²) in [5.74, 6) is -0.537. The zero-order valence-electron chi connectivity index (χ0n) is 13.7. The van der Waals surface area contributed by atoms with Gasteiger partial charge in [-0.05, 0) is 31.5 Å². The van der Waals surface area contributed by atoms with Crippen LogP contribution in [0.15, 0.2) is 29.2 Å². The number of aryl methyl sites for hydroxylation is 1. The molecule has 7 heteroatoms. The molecule has 1 aromatic carbocycles. The Bertz CT molecular complexity index is 830. The van der Waals surface area contributed by atoms with Crippen LogP contribution in [-0.4, -0.2) is 29.5 Å². The second-order valence-electron chi connectivity index (χ2n) is 5.41. The number of amides is 2. The SMILES string of the molecule is CCn1cc(C(=O)NCCCNC(C)=O)c(=O)c2cc(Cl)ccc21. The normalized spacial score (nSPS) is 10.6. The summed E-state index contributed by atoms with van der Waals surface area (Å²) >= 11 is 5.98. The van der Waals surface area contributed by atoms with E-state index in [0.29, 0.717) is 36.5 Å². The minimum absolute atomic E-state index is 0.0890. The van der Waals surface area contributed by atoms with E-state index < -0.39 is 5.91 Å². The van der Waals surface area contributed by atoms with E-state index in [1.165, 1.54) is 6.92 Å². The lowest BCUT2D eigenvalue weighted by Gasteiger charge is -2.12. The quantitative estimate of drug-likeness (QED) is 0.782. The van der Waals surface area contributed by atoms with Crippen LogP contribution < -0.4 is 16.1 Å². The molecular formula is C17H20ClN3O3. The highest BCUT2D eigenvalue weighted by Crippen LogP contribution is 2.17. The predicted molar refractivity (Wildman–Crippen MR) is 94.5 cm³/mol. The minimum atomic E-state index is -0.424. The molecule has 0 spiro atoms. The van der Waals surface area contributed by atoms with Crippen molar-refractivity contribution in [3.05, 3.63) is 45.2 Å². The van der Waals surface area contributed by atoms with Crippen molar-refractivity contribution in [2.45, 2.75) is 26.8 Å². The summed E-state index contributed by atoms with van der Waals surface area (Å²) in [5.41, 5.74) is 0.497. The van der Waals surface area contributed by atoms with Gasteiger partial charge in [-0.3, -0.25) is 14.4 Å². The average Bonchev–Trinajstić information content (AvgIpc) is 2.54. The summed E-state index contributed by atoms with van der Waals surface area (Å²) in [5, 5.41) is 6.24. The summed E-state index contributed by atoms with van der Waals surface area (Å²) in [6, 6.07) is 5.08. The van der Waals surface area contributed by atoms with Gasteiger partial charge in [0.2, 0.25) is 11.3 Å². The fourth-order valence-electron chi connectivity index (χ4n) is 2.44. The molecule has 1 aromatic heterocycles. The lowest BCUT2D eigenvalue weighted by atomic mass is 10.1. The van der Waals surface area contributed by atoms with Gasteiger partial charge in [-0.2, -0.15) is 0 Å². The van der Waals surface area contributed by atoms with Crippen LogP contribution in [0.3, 0.4) is 0 Å². The van der Waals surface area contributed by atoms with Crippen molar-refractivity contribution >= 4 is 34.3 Å². The van der Waals surface area contributed by atoms with Crippen LogP contribution in [0.4, 0.5) is 0 Å². The molecule has 0 aliphatic heterocycles. The number of hydrogen-bond acceptors (Lipinski definition) is 3. The van der Waals surface area contributed by atoms with Crippen molar-refractivity contribution < 1.29 is 9.59 Å². The first-order valence-corrected chi connectivity index (χ1v) is 8.17. The number of carbonyl (C=O) groups excluding carboxylic acids is 2. The molecule has 2 rings (SSSR count).